The van der Waals surface area contributed by atoms with Gasteiger partial charge >= 0.3 is 5.97 Å². The molecule has 0 saturated carbocycles. The number of nitrogens with zero attached hydrogens (tertiary/aromatic N) is 1. The lowest BCUT2D eigenvalue weighted by Crippen LogP contribution is -2.06. The number of hydrogen-bond donors (Lipinski definition) is 2. The van der Waals surface area contributed by atoms with Crippen LogP contribution in [-0.2, 0) is 13.0 Å². The second kappa shape index (κ2) is 11.9. The zero-order chi connectivity index (χ0) is 26.5. The van der Waals surface area contributed by atoms with E-state index in [2.05, 4.69) is 10.5 Å². The first-order chi connectivity index (χ1) is 17.7. The summed E-state index contributed by atoms with van der Waals surface area (Å²) in [6.07, 6.45) is 0.648. The molecule has 0 aliphatic heterocycles. The third kappa shape index (κ3) is 6.39. The Hall–Kier alpha value is -3.19. The number of nitrogens with one attached hydrogen (secondary N) is 1. The average molecular weight is 560 g/mol. The fourth-order valence-electron chi connectivity index (χ4n) is 3.92. The number of aromatic nitrogens is 1. The smallest absolute Gasteiger partial charge is 0.335 e. The molecule has 4 rings (SSSR count). The summed E-state index contributed by atoms with van der Waals surface area (Å²) in [7, 11) is 0. The molecule has 0 radical (unpaired) electrons. The summed E-state index contributed by atoms with van der Waals surface area (Å²) in [6, 6.07) is 17.5. The van der Waals surface area contributed by atoms with Crippen molar-refractivity contribution in [2.45, 2.75) is 32.8 Å². The number of aromatic carboxylic acids is 1. The zero-order valence-corrected chi connectivity index (χ0v) is 22.5. The van der Waals surface area contributed by atoms with Gasteiger partial charge < -0.3 is 19.7 Å². The van der Waals surface area contributed by atoms with Gasteiger partial charge in [0.2, 0.25) is 0 Å². The van der Waals surface area contributed by atoms with Crippen molar-refractivity contribution in [3.05, 3.63) is 98.2 Å². The molecule has 6 nitrogen and oxygen atoms in total. The summed E-state index contributed by atoms with van der Waals surface area (Å²) in [5.74, 6) is 0.418. The molecule has 37 heavy (non-hydrogen) atoms. The molecule has 9 heteroatoms. The molecule has 1 aromatic heterocycles. The fourth-order valence-corrected chi connectivity index (χ4v) is 4.76. The van der Waals surface area contributed by atoms with Crippen molar-refractivity contribution in [3.63, 3.8) is 0 Å². The van der Waals surface area contributed by atoms with E-state index < -0.39 is 5.97 Å². The minimum absolute atomic E-state index is 0.0794. The maximum absolute atomic E-state index is 11.1. The number of carboxylic acid groups (broad SMARTS) is 1. The highest BCUT2D eigenvalue weighted by atomic mass is 35.5. The van der Waals surface area contributed by atoms with E-state index in [9.17, 15) is 4.79 Å². The molecular formula is C28H25Cl3N2O4. The van der Waals surface area contributed by atoms with Crippen LogP contribution in [0.1, 0.15) is 47.0 Å². The molecule has 192 valence electrons. The van der Waals surface area contributed by atoms with Crippen LogP contribution >= 0.6 is 34.8 Å². The molecule has 3 aromatic carbocycles. The van der Waals surface area contributed by atoms with Gasteiger partial charge in [0.15, 0.2) is 0 Å². The predicted octanol–water partition coefficient (Wildman–Crippen LogP) is 8.36. The molecule has 0 amide bonds. The number of hydrogen-bond acceptors (Lipinski definition) is 5. The minimum atomic E-state index is -0.962. The molecule has 0 spiro atoms. The average Bonchev–Trinajstić information content (AvgIpc) is 3.28. The summed E-state index contributed by atoms with van der Waals surface area (Å²) in [5, 5.41) is 18.2. The Morgan fingerprint density at radius 3 is 2.43 bits per heavy atom. The maximum atomic E-state index is 11.1. The molecule has 1 heterocycles. The first-order valence-corrected chi connectivity index (χ1v) is 12.8. The fraction of sp³-hybridized carbons (Fsp3) is 0.214. The first-order valence-electron chi connectivity index (χ1n) is 11.7. The van der Waals surface area contributed by atoms with Gasteiger partial charge in [-0.3, -0.25) is 0 Å². The number of carboxylic acids is 1. The van der Waals surface area contributed by atoms with Gasteiger partial charge in [0.25, 0.3) is 0 Å². The van der Waals surface area contributed by atoms with Crippen LogP contribution in [0.15, 0.2) is 65.2 Å². The van der Waals surface area contributed by atoms with E-state index >= 15 is 0 Å². The Labute approximate surface area is 230 Å². The second-order valence-electron chi connectivity index (χ2n) is 8.73. The van der Waals surface area contributed by atoms with Crippen LogP contribution in [-0.4, -0.2) is 22.8 Å². The topological polar surface area (TPSA) is 84.6 Å². The largest absolute Gasteiger partial charge is 0.489 e. The minimum Gasteiger partial charge on any atom is -0.489 e. The van der Waals surface area contributed by atoms with Crippen molar-refractivity contribution >= 4 is 46.5 Å². The number of benzene rings is 3. The van der Waals surface area contributed by atoms with E-state index in [0.717, 1.165) is 16.8 Å². The van der Waals surface area contributed by atoms with E-state index in [0.29, 0.717) is 50.8 Å². The van der Waals surface area contributed by atoms with E-state index in [1.807, 2.05) is 32.0 Å². The van der Waals surface area contributed by atoms with Crippen LogP contribution in [0.2, 0.25) is 15.1 Å². The maximum Gasteiger partial charge on any atom is 0.335 e. The SMILES string of the molecule is CC(C)c1onc(-c2c(Cl)cccc2Cl)c1COc1ccc(CCNc2cccc(C(=O)O)c2)c(Cl)c1. The molecule has 0 bridgehead atoms. The van der Waals surface area contributed by atoms with Crippen LogP contribution in [0.25, 0.3) is 11.3 Å². The van der Waals surface area contributed by atoms with Gasteiger partial charge in [0.05, 0.1) is 21.2 Å². The van der Waals surface area contributed by atoms with E-state index in [4.69, 9.17) is 49.2 Å². The lowest BCUT2D eigenvalue weighted by molar-refractivity contribution is 0.0697. The van der Waals surface area contributed by atoms with Gasteiger partial charge in [-0.15, -0.1) is 0 Å². The summed E-state index contributed by atoms with van der Waals surface area (Å²) in [4.78, 5) is 11.1. The molecule has 0 aliphatic rings. The van der Waals surface area contributed by atoms with E-state index in [-0.39, 0.29) is 18.1 Å². The van der Waals surface area contributed by atoms with E-state index in [1.165, 1.54) is 0 Å². The predicted molar refractivity (Wildman–Crippen MR) is 147 cm³/mol. The summed E-state index contributed by atoms with van der Waals surface area (Å²) in [6.45, 7) is 4.81. The standard InChI is InChI=1S/C28H25Cl3N2O4/c1-16(2)27-21(26(33-37-27)25-22(29)7-4-8-23(25)30)15-36-20-10-9-17(24(31)14-20)11-12-32-19-6-3-5-18(13-19)28(34)35/h3-10,13-14,16,32H,11-12,15H2,1-2H3,(H,34,35). The van der Waals surface area contributed by atoms with Crippen LogP contribution in [0.5, 0.6) is 5.75 Å². The van der Waals surface area contributed by atoms with Gasteiger partial charge in [-0.05, 0) is 54.4 Å². The molecule has 0 aliphatic carbocycles. The number of rotatable bonds is 10. The zero-order valence-electron chi connectivity index (χ0n) is 20.2. The van der Waals surface area contributed by atoms with Gasteiger partial charge in [-0.2, -0.15) is 0 Å². The lowest BCUT2D eigenvalue weighted by Gasteiger charge is -2.12. The Balaban J connectivity index is 1.45. The molecule has 0 unspecified atom stereocenters. The Morgan fingerprint density at radius 2 is 1.76 bits per heavy atom. The van der Waals surface area contributed by atoms with Gasteiger partial charge in [-0.1, -0.05) is 72.0 Å². The Kier molecular flexibility index (Phi) is 8.64. The monoisotopic (exact) mass is 558 g/mol. The van der Waals surface area contributed by atoms with Crippen LogP contribution in [0, 0.1) is 0 Å². The van der Waals surface area contributed by atoms with Crippen molar-refractivity contribution in [1.82, 2.24) is 5.16 Å². The normalized spacial score (nSPS) is 11.1. The third-order valence-electron chi connectivity index (χ3n) is 5.78. The molecule has 2 N–H and O–H groups in total. The molecule has 0 fully saturated rings. The van der Waals surface area contributed by atoms with Gasteiger partial charge in [0.1, 0.15) is 23.8 Å². The molecule has 0 saturated heterocycles. The van der Waals surface area contributed by atoms with Gasteiger partial charge in [0, 0.05) is 28.7 Å². The Bertz CT molecular complexity index is 1400. The third-order valence-corrected chi connectivity index (χ3v) is 6.76. The molecular weight excluding hydrogens is 535 g/mol. The highest BCUT2D eigenvalue weighted by Crippen LogP contribution is 2.39. The Morgan fingerprint density at radius 1 is 1.03 bits per heavy atom. The van der Waals surface area contributed by atoms with Crippen molar-refractivity contribution in [1.29, 1.82) is 0 Å². The summed E-state index contributed by atoms with van der Waals surface area (Å²) >= 11 is 19.4. The van der Waals surface area contributed by atoms with Crippen molar-refractivity contribution in [3.8, 4) is 17.0 Å². The number of halogens is 3. The van der Waals surface area contributed by atoms with Crippen molar-refractivity contribution in [2.24, 2.45) is 0 Å². The van der Waals surface area contributed by atoms with Crippen molar-refractivity contribution < 1.29 is 19.2 Å². The number of carbonyl (C=O) groups is 1. The van der Waals surface area contributed by atoms with E-state index in [1.54, 1.807) is 42.5 Å². The number of anilines is 1. The van der Waals surface area contributed by atoms with Gasteiger partial charge in [-0.25, -0.2) is 4.79 Å². The first kappa shape index (κ1) is 26.9. The molecule has 0 atom stereocenters. The van der Waals surface area contributed by atoms with Crippen LogP contribution in [0.3, 0.4) is 0 Å². The van der Waals surface area contributed by atoms with Crippen molar-refractivity contribution in [2.75, 3.05) is 11.9 Å². The molecule has 4 aromatic rings. The number of ether oxygens (including phenoxy) is 1. The highest BCUT2D eigenvalue weighted by molar-refractivity contribution is 6.39. The quantitative estimate of drug-likeness (QED) is 0.203. The lowest BCUT2D eigenvalue weighted by atomic mass is 10.0. The summed E-state index contributed by atoms with van der Waals surface area (Å²) < 4.78 is 11.7. The van der Waals surface area contributed by atoms with Crippen LogP contribution in [0.4, 0.5) is 5.69 Å². The second-order valence-corrected chi connectivity index (χ2v) is 9.95. The highest BCUT2D eigenvalue weighted by Gasteiger charge is 2.24. The van der Waals surface area contributed by atoms with Crippen LogP contribution < -0.4 is 10.1 Å². The summed E-state index contributed by atoms with van der Waals surface area (Å²) in [5.41, 5.74) is 3.85.